The highest BCUT2D eigenvalue weighted by atomic mass is 15.1. The van der Waals surface area contributed by atoms with E-state index in [-0.39, 0.29) is 0 Å². The molecule has 2 nitrogen and oxygen atoms in total. The highest BCUT2D eigenvalue weighted by molar-refractivity contribution is 6.11. The molecule has 0 unspecified atom stereocenters. The van der Waals surface area contributed by atoms with Crippen molar-refractivity contribution in [2.45, 2.75) is 0 Å². The van der Waals surface area contributed by atoms with Gasteiger partial charge in [0.2, 0.25) is 0 Å². The fourth-order valence-electron chi connectivity index (χ4n) is 3.62. The topological polar surface area (TPSA) is 16.1 Å². The molecular formula is C25H18N2. The molecule has 128 valence electrons. The van der Waals surface area contributed by atoms with Crippen molar-refractivity contribution in [1.29, 1.82) is 0 Å². The second-order valence-corrected chi connectivity index (χ2v) is 6.50. The predicted octanol–water partition coefficient (Wildman–Crippen LogP) is 6.86. The Morgan fingerprint density at radius 3 is 1.33 bits per heavy atom. The van der Waals surface area contributed by atoms with Gasteiger partial charge in [-0.05, 0) is 36.4 Å². The maximum atomic E-state index is 4.88. The molecule has 0 atom stereocenters. The number of para-hydroxylation sites is 4. The summed E-state index contributed by atoms with van der Waals surface area (Å²) in [5, 5.41) is 2.29. The van der Waals surface area contributed by atoms with Gasteiger partial charge < -0.3 is 4.90 Å². The van der Waals surface area contributed by atoms with Crippen molar-refractivity contribution in [1.82, 2.24) is 4.98 Å². The number of aromatic nitrogens is 1. The highest BCUT2D eigenvalue weighted by Gasteiger charge is 2.18. The monoisotopic (exact) mass is 346 g/mol. The van der Waals surface area contributed by atoms with Gasteiger partial charge >= 0.3 is 0 Å². The van der Waals surface area contributed by atoms with Crippen molar-refractivity contribution in [3.8, 4) is 0 Å². The van der Waals surface area contributed by atoms with E-state index in [1.807, 2.05) is 12.1 Å². The Labute approximate surface area is 158 Å². The number of anilines is 3. The summed E-state index contributed by atoms with van der Waals surface area (Å²) in [7, 11) is 0. The van der Waals surface area contributed by atoms with E-state index in [1.165, 1.54) is 0 Å². The smallest absolute Gasteiger partial charge is 0.0730 e. The average Bonchev–Trinajstić information content (AvgIpc) is 2.75. The first-order valence-electron chi connectivity index (χ1n) is 9.09. The van der Waals surface area contributed by atoms with Gasteiger partial charge in [0.25, 0.3) is 0 Å². The molecule has 0 bridgehead atoms. The van der Waals surface area contributed by atoms with Gasteiger partial charge in [0, 0.05) is 22.1 Å². The van der Waals surface area contributed by atoms with E-state index >= 15 is 0 Å². The molecule has 0 aliphatic rings. The molecular weight excluding hydrogens is 328 g/mol. The van der Waals surface area contributed by atoms with E-state index in [9.17, 15) is 0 Å². The quantitative estimate of drug-likeness (QED) is 0.332. The number of fused-ring (bicyclic) bond motifs is 2. The van der Waals surface area contributed by atoms with Crippen LogP contribution in [-0.2, 0) is 0 Å². The van der Waals surface area contributed by atoms with Crippen molar-refractivity contribution < 1.29 is 0 Å². The van der Waals surface area contributed by atoms with Gasteiger partial charge in [0.1, 0.15) is 0 Å². The summed E-state index contributed by atoms with van der Waals surface area (Å²) >= 11 is 0. The minimum absolute atomic E-state index is 1.00. The van der Waals surface area contributed by atoms with Crippen LogP contribution in [0.1, 0.15) is 0 Å². The van der Waals surface area contributed by atoms with Crippen molar-refractivity contribution in [3.05, 3.63) is 109 Å². The van der Waals surface area contributed by atoms with Crippen LogP contribution in [0.4, 0.5) is 17.1 Å². The Morgan fingerprint density at radius 1 is 0.444 bits per heavy atom. The summed E-state index contributed by atoms with van der Waals surface area (Å²) in [4.78, 5) is 7.21. The summed E-state index contributed by atoms with van der Waals surface area (Å²) < 4.78 is 0. The van der Waals surface area contributed by atoms with Gasteiger partial charge in [-0.2, -0.15) is 0 Å². The molecule has 0 aliphatic heterocycles. The first-order valence-corrected chi connectivity index (χ1v) is 9.09. The van der Waals surface area contributed by atoms with Crippen LogP contribution in [0.5, 0.6) is 0 Å². The third kappa shape index (κ3) is 2.72. The van der Waals surface area contributed by atoms with Crippen molar-refractivity contribution in [2.75, 3.05) is 4.90 Å². The zero-order valence-corrected chi connectivity index (χ0v) is 14.8. The van der Waals surface area contributed by atoms with E-state index in [2.05, 4.69) is 102 Å². The predicted molar refractivity (Wildman–Crippen MR) is 114 cm³/mol. The summed E-state index contributed by atoms with van der Waals surface area (Å²) in [5.74, 6) is 0. The number of nitrogens with zero attached hydrogens (tertiary/aromatic N) is 2. The van der Waals surface area contributed by atoms with Crippen LogP contribution in [0, 0.1) is 0 Å². The van der Waals surface area contributed by atoms with E-state index in [1.54, 1.807) is 0 Å². The molecule has 1 heterocycles. The summed E-state index contributed by atoms with van der Waals surface area (Å²) in [6.45, 7) is 0. The first kappa shape index (κ1) is 15.6. The van der Waals surface area contributed by atoms with Gasteiger partial charge in [0.15, 0.2) is 0 Å². The Morgan fingerprint density at radius 2 is 0.852 bits per heavy atom. The second kappa shape index (κ2) is 6.58. The van der Waals surface area contributed by atoms with E-state index in [4.69, 9.17) is 4.98 Å². The van der Waals surface area contributed by atoms with E-state index in [0.717, 1.165) is 38.9 Å². The summed E-state index contributed by atoms with van der Waals surface area (Å²) in [5.41, 5.74) is 5.43. The lowest BCUT2D eigenvalue weighted by Gasteiger charge is -2.28. The van der Waals surface area contributed by atoms with Gasteiger partial charge in [-0.25, -0.2) is 4.98 Å². The van der Waals surface area contributed by atoms with Crippen molar-refractivity contribution >= 4 is 38.9 Å². The first-order chi connectivity index (χ1) is 13.4. The lowest BCUT2D eigenvalue weighted by atomic mass is 10.0. The third-order valence-electron chi connectivity index (χ3n) is 4.81. The standard InChI is InChI=1S/C25H18N2/c1-3-11-19(12-4-1)27(20-13-5-2-6-14-20)25-21-15-7-9-17-23(21)26-24-18-10-8-16-22(24)25/h1-18H. The molecule has 0 N–H and O–H groups in total. The molecule has 1 aromatic heterocycles. The average molecular weight is 346 g/mol. The molecule has 27 heavy (non-hydrogen) atoms. The molecule has 0 fully saturated rings. The second-order valence-electron chi connectivity index (χ2n) is 6.50. The van der Waals surface area contributed by atoms with Crippen LogP contribution in [0.3, 0.4) is 0 Å². The fraction of sp³-hybridized carbons (Fsp3) is 0. The Balaban J connectivity index is 1.92. The molecule has 4 aromatic carbocycles. The number of benzene rings is 4. The minimum Gasteiger partial charge on any atom is -0.309 e. The summed E-state index contributed by atoms with van der Waals surface area (Å²) in [6.07, 6.45) is 0. The lowest BCUT2D eigenvalue weighted by molar-refractivity contribution is 1.30. The van der Waals surface area contributed by atoms with Crippen LogP contribution < -0.4 is 4.90 Å². The maximum Gasteiger partial charge on any atom is 0.0730 e. The molecule has 0 aliphatic carbocycles. The maximum absolute atomic E-state index is 4.88. The van der Waals surface area contributed by atoms with Crippen molar-refractivity contribution in [3.63, 3.8) is 0 Å². The molecule has 0 spiro atoms. The minimum atomic E-state index is 1.00. The number of hydrogen-bond acceptors (Lipinski definition) is 2. The summed E-state index contributed by atoms with van der Waals surface area (Å²) in [6, 6.07) is 37.7. The molecule has 5 rings (SSSR count). The molecule has 0 saturated carbocycles. The van der Waals surface area contributed by atoms with Crippen LogP contribution in [0.2, 0.25) is 0 Å². The van der Waals surface area contributed by atoms with E-state index < -0.39 is 0 Å². The van der Waals surface area contributed by atoms with Crippen LogP contribution in [-0.4, -0.2) is 4.98 Å². The van der Waals surface area contributed by atoms with Crippen molar-refractivity contribution in [2.24, 2.45) is 0 Å². The number of hydrogen-bond donors (Lipinski definition) is 0. The molecule has 0 amide bonds. The van der Waals surface area contributed by atoms with Crippen LogP contribution in [0.15, 0.2) is 109 Å². The van der Waals surface area contributed by atoms with E-state index in [0.29, 0.717) is 0 Å². The Bertz CT molecular complexity index is 1120. The lowest BCUT2D eigenvalue weighted by Crippen LogP contribution is -2.11. The fourth-order valence-corrected chi connectivity index (χ4v) is 3.62. The Hall–Kier alpha value is -3.65. The highest BCUT2D eigenvalue weighted by Crippen LogP contribution is 2.42. The van der Waals surface area contributed by atoms with Gasteiger partial charge in [-0.1, -0.05) is 72.8 Å². The normalized spacial score (nSPS) is 11.0. The molecule has 5 aromatic rings. The van der Waals surface area contributed by atoms with Gasteiger partial charge in [-0.3, -0.25) is 0 Å². The zero-order chi connectivity index (χ0) is 18.1. The SMILES string of the molecule is c1ccc(N(c2ccccc2)c2c3ccccc3nc3ccccc23)cc1. The zero-order valence-electron chi connectivity index (χ0n) is 14.8. The van der Waals surface area contributed by atoms with Gasteiger partial charge in [0.05, 0.1) is 16.7 Å². The third-order valence-corrected chi connectivity index (χ3v) is 4.81. The number of rotatable bonds is 3. The Kier molecular flexibility index (Phi) is 3.80. The largest absolute Gasteiger partial charge is 0.309 e. The molecule has 2 heteroatoms. The van der Waals surface area contributed by atoms with Crippen LogP contribution in [0.25, 0.3) is 21.8 Å². The van der Waals surface area contributed by atoms with Crippen LogP contribution >= 0.6 is 0 Å². The van der Waals surface area contributed by atoms with Gasteiger partial charge in [-0.15, -0.1) is 0 Å². The molecule has 0 radical (unpaired) electrons. The number of pyridine rings is 1. The molecule has 0 saturated heterocycles.